The fourth-order valence-electron chi connectivity index (χ4n) is 6.13. The molecule has 0 amide bonds. The van der Waals surface area contributed by atoms with Gasteiger partial charge in [-0.3, -0.25) is 9.80 Å². The molecule has 33 heavy (non-hydrogen) atoms. The van der Waals surface area contributed by atoms with E-state index >= 15 is 0 Å². The summed E-state index contributed by atoms with van der Waals surface area (Å²) in [4.78, 5) is 4.91. The van der Waals surface area contributed by atoms with Gasteiger partial charge in [-0.1, -0.05) is 67.1 Å². The molecule has 1 aliphatic carbocycles. The summed E-state index contributed by atoms with van der Waals surface area (Å²) in [6, 6.07) is 21.5. The second-order valence-electron chi connectivity index (χ2n) is 10.2. The van der Waals surface area contributed by atoms with Crippen molar-refractivity contribution in [1.29, 1.82) is 0 Å². The Balaban J connectivity index is 1.45. The molecule has 1 aliphatic heterocycles. The van der Waals surface area contributed by atoms with Crippen LogP contribution in [-0.4, -0.2) is 54.4 Å². The van der Waals surface area contributed by atoms with E-state index < -0.39 is 5.60 Å². The first-order chi connectivity index (χ1) is 16.0. The van der Waals surface area contributed by atoms with Crippen molar-refractivity contribution in [2.75, 3.05) is 27.2 Å². The summed E-state index contributed by atoms with van der Waals surface area (Å²) in [7, 11) is 3.97. The summed E-state index contributed by atoms with van der Waals surface area (Å²) in [6.45, 7) is 6.66. The van der Waals surface area contributed by atoms with Crippen molar-refractivity contribution in [3.05, 3.63) is 71.8 Å². The summed E-state index contributed by atoms with van der Waals surface area (Å²) in [5.74, 6) is 0.770. The van der Waals surface area contributed by atoms with Gasteiger partial charge >= 0.3 is 0 Å². The van der Waals surface area contributed by atoms with Crippen LogP contribution in [-0.2, 0) is 10.3 Å². The summed E-state index contributed by atoms with van der Waals surface area (Å²) >= 11 is 0. The molecule has 1 heterocycles. The molecular formula is C29H42N2O2. The largest absolute Gasteiger partial charge is 0.383 e. The molecule has 4 atom stereocenters. The van der Waals surface area contributed by atoms with Crippen LogP contribution in [0.3, 0.4) is 0 Å². The summed E-state index contributed by atoms with van der Waals surface area (Å²) < 4.78 is 6.11. The lowest BCUT2D eigenvalue weighted by atomic mass is 9.66. The van der Waals surface area contributed by atoms with Crippen molar-refractivity contribution in [2.45, 2.75) is 69.9 Å². The van der Waals surface area contributed by atoms with Gasteiger partial charge in [0.15, 0.2) is 0 Å². The Labute approximate surface area is 200 Å². The zero-order valence-electron chi connectivity index (χ0n) is 20.9. The van der Waals surface area contributed by atoms with E-state index in [-0.39, 0.29) is 12.3 Å². The summed E-state index contributed by atoms with van der Waals surface area (Å²) in [6.07, 6.45) is 5.63. The molecular weight excluding hydrogens is 408 g/mol. The van der Waals surface area contributed by atoms with E-state index in [0.717, 1.165) is 44.3 Å². The van der Waals surface area contributed by atoms with Crippen molar-refractivity contribution in [3.63, 3.8) is 0 Å². The lowest BCUT2D eigenvalue weighted by molar-refractivity contribution is -0.163. The second-order valence-corrected chi connectivity index (χ2v) is 10.2. The molecule has 4 unspecified atom stereocenters. The number of likely N-dealkylation sites (tertiary alicyclic amines) is 1. The van der Waals surface area contributed by atoms with Gasteiger partial charge in [0.25, 0.3) is 0 Å². The van der Waals surface area contributed by atoms with Gasteiger partial charge in [0.2, 0.25) is 0 Å². The van der Waals surface area contributed by atoms with Crippen LogP contribution in [0.25, 0.3) is 0 Å². The fourth-order valence-corrected chi connectivity index (χ4v) is 6.13. The van der Waals surface area contributed by atoms with Gasteiger partial charge in [0.05, 0.1) is 0 Å². The molecule has 0 aromatic heterocycles. The van der Waals surface area contributed by atoms with Gasteiger partial charge in [-0.05, 0) is 76.7 Å². The number of nitrogens with zero attached hydrogens (tertiary/aromatic N) is 2. The highest BCUT2D eigenvalue weighted by Gasteiger charge is 2.49. The third kappa shape index (κ3) is 4.90. The van der Waals surface area contributed by atoms with E-state index in [2.05, 4.69) is 73.2 Å². The predicted molar refractivity (Wildman–Crippen MR) is 135 cm³/mol. The molecule has 4 nitrogen and oxygen atoms in total. The van der Waals surface area contributed by atoms with Gasteiger partial charge in [-0.2, -0.15) is 0 Å². The maximum Gasteiger partial charge on any atom is 0.113 e. The first-order valence-electron chi connectivity index (χ1n) is 12.8. The zero-order chi connectivity index (χ0) is 23.4. The molecule has 1 saturated heterocycles. The number of hydrogen-bond donors (Lipinski definition) is 1. The number of likely N-dealkylation sites (N-methyl/N-ethyl adjacent to an activating group) is 1. The molecule has 2 aliphatic rings. The van der Waals surface area contributed by atoms with Crippen molar-refractivity contribution in [2.24, 2.45) is 11.8 Å². The number of piperidine rings is 1. The minimum Gasteiger partial charge on any atom is -0.383 e. The molecule has 1 saturated carbocycles. The first-order valence-corrected chi connectivity index (χ1v) is 12.8. The average molecular weight is 451 g/mol. The monoisotopic (exact) mass is 450 g/mol. The Kier molecular flexibility index (Phi) is 7.91. The average Bonchev–Trinajstić information content (AvgIpc) is 2.83. The maximum atomic E-state index is 12.1. The Morgan fingerprint density at radius 3 is 2.03 bits per heavy atom. The van der Waals surface area contributed by atoms with E-state index in [1.54, 1.807) is 0 Å². The van der Waals surface area contributed by atoms with Crippen molar-refractivity contribution in [3.8, 4) is 0 Å². The van der Waals surface area contributed by atoms with E-state index in [1.807, 2.05) is 25.3 Å². The minimum atomic E-state index is -0.854. The summed E-state index contributed by atoms with van der Waals surface area (Å²) in [5, 5.41) is 12.1. The number of aliphatic hydroxyl groups is 1. The fraction of sp³-hybridized carbons (Fsp3) is 0.586. The van der Waals surface area contributed by atoms with Gasteiger partial charge in [-0.25, -0.2) is 0 Å². The highest BCUT2D eigenvalue weighted by molar-refractivity contribution is 5.26. The standard InChI is InChI=1S/C29H42N2O2/c1-22(24-12-7-5-8-13-24)31-20-18-25(19-21-31)28(33-4)30(3)23(2)29(32,27-16-11-17-27)26-14-9-6-10-15-26/h5-10,12-15,22-23,25,27-28,32H,11,16-21H2,1-4H3. The molecule has 0 bridgehead atoms. The Bertz CT molecular complexity index is 848. The number of rotatable bonds is 9. The molecule has 2 fully saturated rings. The zero-order valence-corrected chi connectivity index (χ0v) is 20.9. The minimum absolute atomic E-state index is 0.00416. The molecule has 0 spiro atoms. The van der Waals surface area contributed by atoms with Crippen LogP contribution in [0.2, 0.25) is 0 Å². The van der Waals surface area contributed by atoms with Crippen LogP contribution in [0.1, 0.15) is 63.1 Å². The smallest absolute Gasteiger partial charge is 0.113 e. The van der Waals surface area contributed by atoms with Crippen LogP contribution >= 0.6 is 0 Å². The van der Waals surface area contributed by atoms with Crippen LogP contribution in [0.4, 0.5) is 0 Å². The lowest BCUT2D eigenvalue weighted by Gasteiger charge is -2.51. The highest BCUT2D eigenvalue weighted by Crippen LogP contribution is 2.46. The maximum absolute atomic E-state index is 12.1. The number of hydrogen-bond acceptors (Lipinski definition) is 4. The SMILES string of the molecule is COC(C1CCN(C(C)c2ccccc2)CC1)N(C)C(C)C(O)(c1ccccc1)C1CCC1. The quantitative estimate of drug-likeness (QED) is 0.516. The van der Waals surface area contributed by atoms with E-state index in [4.69, 9.17) is 4.74 Å². The predicted octanol–water partition coefficient (Wildman–Crippen LogP) is 5.44. The molecule has 2 aromatic carbocycles. The van der Waals surface area contributed by atoms with Gasteiger partial charge < -0.3 is 9.84 Å². The number of ether oxygens (including phenoxy) is 1. The molecule has 4 heteroatoms. The van der Waals surface area contributed by atoms with Crippen LogP contribution in [0.15, 0.2) is 60.7 Å². The Hall–Kier alpha value is -1.72. The molecule has 180 valence electrons. The van der Waals surface area contributed by atoms with Crippen molar-refractivity contribution in [1.82, 2.24) is 9.80 Å². The van der Waals surface area contributed by atoms with Gasteiger partial charge in [0, 0.05) is 25.1 Å². The van der Waals surface area contributed by atoms with Gasteiger partial charge in [-0.15, -0.1) is 0 Å². The topological polar surface area (TPSA) is 35.9 Å². The summed E-state index contributed by atoms with van der Waals surface area (Å²) in [5.41, 5.74) is 1.57. The normalized spacial score (nSPS) is 23.0. The van der Waals surface area contributed by atoms with Crippen molar-refractivity contribution >= 4 is 0 Å². The van der Waals surface area contributed by atoms with Crippen molar-refractivity contribution < 1.29 is 9.84 Å². The van der Waals surface area contributed by atoms with E-state index in [0.29, 0.717) is 17.9 Å². The first kappa shape index (κ1) is 24.4. The number of methoxy groups -OCH3 is 1. The van der Waals surface area contributed by atoms with Crippen LogP contribution < -0.4 is 0 Å². The van der Waals surface area contributed by atoms with Gasteiger partial charge in [0.1, 0.15) is 11.8 Å². The lowest BCUT2D eigenvalue weighted by Crippen LogP contribution is -2.58. The highest BCUT2D eigenvalue weighted by atomic mass is 16.5. The second kappa shape index (κ2) is 10.7. The number of benzene rings is 2. The van der Waals surface area contributed by atoms with E-state index in [1.165, 1.54) is 12.0 Å². The third-order valence-corrected chi connectivity index (χ3v) is 8.66. The Morgan fingerprint density at radius 2 is 1.52 bits per heavy atom. The molecule has 1 N–H and O–H groups in total. The Morgan fingerprint density at radius 1 is 0.939 bits per heavy atom. The molecule has 0 radical (unpaired) electrons. The molecule has 4 rings (SSSR count). The van der Waals surface area contributed by atoms with Crippen LogP contribution in [0, 0.1) is 11.8 Å². The third-order valence-electron chi connectivity index (χ3n) is 8.66. The van der Waals surface area contributed by atoms with E-state index in [9.17, 15) is 5.11 Å². The molecule has 2 aromatic rings. The van der Waals surface area contributed by atoms with Crippen LogP contribution in [0.5, 0.6) is 0 Å².